The van der Waals surface area contributed by atoms with Crippen molar-refractivity contribution < 1.29 is 14.2 Å². The topological polar surface area (TPSA) is 53.7 Å². The molecule has 0 bridgehead atoms. The minimum atomic E-state index is 0.623. The van der Waals surface area contributed by atoms with Crippen LogP contribution in [0, 0.1) is 0 Å². The van der Waals surface area contributed by atoms with Gasteiger partial charge < -0.3 is 19.9 Å². The van der Waals surface area contributed by atoms with Crippen molar-refractivity contribution in [2.45, 2.75) is 12.8 Å². The summed E-state index contributed by atoms with van der Waals surface area (Å²) in [6, 6.07) is 15.6. The first-order valence-corrected chi connectivity index (χ1v) is 7.50. The number of nitrogens with two attached hydrogens (primary N) is 1. The van der Waals surface area contributed by atoms with Crippen LogP contribution in [0.4, 0.5) is 0 Å². The molecule has 118 valence electrons. The summed E-state index contributed by atoms with van der Waals surface area (Å²) in [5.74, 6) is 2.55. The molecule has 0 aromatic heterocycles. The second-order valence-corrected chi connectivity index (χ2v) is 4.91. The van der Waals surface area contributed by atoms with Crippen LogP contribution in [0.1, 0.15) is 12.0 Å². The molecule has 0 saturated carbocycles. The summed E-state index contributed by atoms with van der Waals surface area (Å²) in [5, 5.41) is 0. The fourth-order valence-corrected chi connectivity index (χ4v) is 2.03. The average molecular weight is 301 g/mol. The van der Waals surface area contributed by atoms with Gasteiger partial charge in [-0.3, -0.25) is 0 Å². The lowest BCUT2D eigenvalue weighted by atomic mass is 10.1. The highest BCUT2D eigenvalue weighted by Gasteiger charge is 1.97. The molecule has 0 atom stereocenters. The first-order valence-electron chi connectivity index (χ1n) is 7.50. The molecule has 0 aliphatic carbocycles. The van der Waals surface area contributed by atoms with Crippen LogP contribution in [0.25, 0.3) is 0 Å². The van der Waals surface area contributed by atoms with Crippen LogP contribution in [0.3, 0.4) is 0 Å². The van der Waals surface area contributed by atoms with E-state index in [9.17, 15) is 0 Å². The molecule has 0 amide bonds. The van der Waals surface area contributed by atoms with E-state index < -0.39 is 0 Å². The predicted molar refractivity (Wildman–Crippen MR) is 87.8 cm³/mol. The first kappa shape index (κ1) is 16.2. The van der Waals surface area contributed by atoms with Gasteiger partial charge in [0.15, 0.2) is 0 Å². The zero-order valence-corrected chi connectivity index (χ0v) is 13.0. The number of hydrogen-bond donors (Lipinski definition) is 1. The normalized spacial score (nSPS) is 10.3. The highest BCUT2D eigenvalue weighted by atomic mass is 16.5. The smallest absolute Gasteiger partial charge is 0.119 e. The third-order valence-electron chi connectivity index (χ3n) is 3.24. The lowest BCUT2D eigenvalue weighted by Crippen LogP contribution is -2.05. The molecule has 0 radical (unpaired) electrons. The zero-order valence-electron chi connectivity index (χ0n) is 13.0. The molecule has 2 rings (SSSR count). The molecule has 0 fully saturated rings. The van der Waals surface area contributed by atoms with E-state index in [0.717, 1.165) is 30.1 Å². The van der Waals surface area contributed by atoms with Crippen LogP contribution in [-0.2, 0) is 6.42 Å². The van der Waals surface area contributed by atoms with E-state index in [4.69, 9.17) is 19.9 Å². The van der Waals surface area contributed by atoms with Gasteiger partial charge in [0.1, 0.15) is 17.2 Å². The third kappa shape index (κ3) is 5.30. The van der Waals surface area contributed by atoms with Crippen molar-refractivity contribution in [3.8, 4) is 17.2 Å². The summed E-state index contributed by atoms with van der Waals surface area (Å²) in [5.41, 5.74) is 6.76. The third-order valence-corrected chi connectivity index (χ3v) is 3.24. The van der Waals surface area contributed by atoms with Crippen LogP contribution in [0.15, 0.2) is 48.5 Å². The van der Waals surface area contributed by atoms with Crippen LogP contribution < -0.4 is 19.9 Å². The summed E-state index contributed by atoms with van der Waals surface area (Å²) in [6.07, 6.45) is 1.73. The van der Waals surface area contributed by atoms with Crippen molar-refractivity contribution in [3.63, 3.8) is 0 Å². The van der Waals surface area contributed by atoms with E-state index >= 15 is 0 Å². The summed E-state index contributed by atoms with van der Waals surface area (Å²) in [6.45, 7) is 1.92. The first-order chi connectivity index (χ1) is 10.8. The van der Waals surface area contributed by atoms with Crippen LogP contribution in [0.2, 0.25) is 0 Å². The monoisotopic (exact) mass is 301 g/mol. The molecule has 2 aromatic carbocycles. The molecular formula is C18H23NO3. The Morgan fingerprint density at radius 2 is 1.27 bits per heavy atom. The van der Waals surface area contributed by atoms with Gasteiger partial charge in [0.2, 0.25) is 0 Å². The van der Waals surface area contributed by atoms with Crippen molar-refractivity contribution in [2.24, 2.45) is 5.73 Å². The minimum Gasteiger partial charge on any atom is -0.497 e. The van der Waals surface area contributed by atoms with Crippen molar-refractivity contribution in [1.29, 1.82) is 0 Å². The zero-order chi connectivity index (χ0) is 15.6. The SMILES string of the molecule is COc1ccc(OCCCOc2ccc(CCN)cc2)cc1. The van der Waals surface area contributed by atoms with Crippen molar-refractivity contribution >= 4 is 0 Å². The molecule has 0 unspecified atom stereocenters. The molecule has 2 aromatic rings. The molecule has 22 heavy (non-hydrogen) atoms. The number of hydrogen-bond acceptors (Lipinski definition) is 4. The summed E-state index contributed by atoms with van der Waals surface area (Å²) in [4.78, 5) is 0. The highest BCUT2D eigenvalue weighted by Crippen LogP contribution is 2.17. The van der Waals surface area contributed by atoms with E-state index in [2.05, 4.69) is 12.1 Å². The van der Waals surface area contributed by atoms with E-state index in [-0.39, 0.29) is 0 Å². The molecule has 4 heteroatoms. The molecule has 0 heterocycles. The summed E-state index contributed by atoms with van der Waals surface area (Å²) < 4.78 is 16.4. The van der Waals surface area contributed by atoms with Gasteiger partial charge in [0, 0.05) is 6.42 Å². The molecule has 0 spiro atoms. The second kappa shape index (κ2) is 8.95. The van der Waals surface area contributed by atoms with Crippen molar-refractivity contribution in [2.75, 3.05) is 26.9 Å². The maximum absolute atomic E-state index is 5.68. The van der Waals surface area contributed by atoms with Gasteiger partial charge in [0.05, 0.1) is 20.3 Å². The highest BCUT2D eigenvalue weighted by molar-refractivity contribution is 5.31. The average Bonchev–Trinajstić information content (AvgIpc) is 2.57. The van der Waals surface area contributed by atoms with Gasteiger partial charge in [-0.1, -0.05) is 12.1 Å². The van der Waals surface area contributed by atoms with Gasteiger partial charge in [-0.2, -0.15) is 0 Å². The second-order valence-electron chi connectivity index (χ2n) is 4.91. The van der Waals surface area contributed by atoms with Crippen molar-refractivity contribution in [1.82, 2.24) is 0 Å². The van der Waals surface area contributed by atoms with Crippen LogP contribution in [0.5, 0.6) is 17.2 Å². The lowest BCUT2D eigenvalue weighted by molar-refractivity contribution is 0.247. The lowest BCUT2D eigenvalue weighted by Gasteiger charge is -2.09. The van der Waals surface area contributed by atoms with Crippen molar-refractivity contribution in [3.05, 3.63) is 54.1 Å². The fourth-order valence-electron chi connectivity index (χ4n) is 2.03. The maximum Gasteiger partial charge on any atom is 0.119 e. The number of ether oxygens (including phenoxy) is 3. The summed E-state index contributed by atoms with van der Waals surface area (Å²) >= 11 is 0. The van der Waals surface area contributed by atoms with Crippen LogP contribution >= 0.6 is 0 Å². The van der Waals surface area contributed by atoms with Gasteiger partial charge in [-0.25, -0.2) is 0 Å². The van der Waals surface area contributed by atoms with E-state index in [1.54, 1.807) is 7.11 Å². The van der Waals surface area contributed by atoms with E-state index in [0.29, 0.717) is 19.8 Å². The van der Waals surface area contributed by atoms with E-state index in [1.807, 2.05) is 36.4 Å². The molecule has 0 aliphatic rings. The molecule has 0 aliphatic heterocycles. The largest absolute Gasteiger partial charge is 0.497 e. The summed E-state index contributed by atoms with van der Waals surface area (Å²) in [7, 11) is 1.65. The molecule has 0 saturated heterocycles. The Hall–Kier alpha value is -2.20. The molecule has 2 N–H and O–H groups in total. The Kier molecular flexibility index (Phi) is 6.58. The van der Waals surface area contributed by atoms with Gasteiger partial charge in [-0.15, -0.1) is 0 Å². The minimum absolute atomic E-state index is 0.623. The number of rotatable bonds is 9. The van der Waals surface area contributed by atoms with Gasteiger partial charge >= 0.3 is 0 Å². The van der Waals surface area contributed by atoms with E-state index in [1.165, 1.54) is 5.56 Å². The van der Waals surface area contributed by atoms with Gasteiger partial charge in [0.25, 0.3) is 0 Å². The maximum atomic E-state index is 5.68. The Balaban J connectivity index is 1.64. The Labute approximate surface area is 131 Å². The Morgan fingerprint density at radius 3 is 1.77 bits per heavy atom. The van der Waals surface area contributed by atoms with Gasteiger partial charge in [-0.05, 0) is 54.9 Å². The quantitative estimate of drug-likeness (QED) is 0.723. The van der Waals surface area contributed by atoms with Crippen LogP contribution in [-0.4, -0.2) is 26.9 Å². The Morgan fingerprint density at radius 1 is 0.773 bits per heavy atom. The number of methoxy groups -OCH3 is 1. The predicted octanol–water partition coefficient (Wildman–Crippen LogP) is 3.04. The standard InChI is InChI=1S/C18H23NO3/c1-20-16-7-9-18(10-8-16)22-14-2-13-21-17-5-3-15(4-6-17)11-12-19/h3-10H,2,11-14,19H2,1H3. The Bertz CT molecular complexity index is 537. The molecular weight excluding hydrogens is 278 g/mol. The number of benzene rings is 2. The fraction of sp³-hybridized carbons (Fsp3) is 0.333. The molecule has 4 nitrogen and oxygen atoms in total.